The van der Waals surface area contributed by atoms with E-state index in [0.29, 0.717) is 48.6 Å². The standard InChI is InChI=1S/C32H35N3O4/c1-2-34-19-11-4-12-20-35(31(36)22-28-26-15-7-10-18-30(26)39-33-28)25(21-24-13-5-3-6-14-24)23-38-29-17-9-8-16-27(29)32(34)37/h3,5-10,13-18,25H,2,4,11-12,19-23H2,1H3/t25-/m0/s1. The summed E-state index contributed by atoms with van der Waals surface area (Å²) in [5.41, 5.74) is 3.01. The Morgan fingerprint density at radius 1 is 0.923 bits per heavy atom. The van der Waals surface area contributed by atoms with Gasteiger partial charge < -0.3 is 19.1 Å². The maximum atomic E-state index is 13.9. The molecule has 3 aromatic carbocycles. The van der Waals surface area contributed by atoms with Crippen LogP contribution in [0.25, 0.3) is 11.0 Å². The van der Waals surface area contributed by atoms with Crippen molar-refractivity contribution in [1.82, 2.24) is 15.0 Å². The predicted molar refractivity (Wildman–Crippen MR) is 151 cm³/mol. The average Bonchev–Trinajstić information content (AvgIpc) is 3.38. The molecule has 1 atom stereocenters. The largest absolute Gasteiger partial charge is 0.491 e. The molecule has 0 fully saturated rings. The van der Waals surface area contributed by atoms with Crippen molar-refractivity contribution in [3.63, 3.8) is 0 Å². The van der Waals surface area contributed by atoms with Gasteiger partial charge in [-0.15, -0.1) is 0 Å². The van der Waals surface area contributed by atoms with Gasteiger partial charge >= 0.3 is 0 Å². The number of benzene rings is 3. The molecule has 0 bridgehead atoms. The van der Waals surface area contributed by atoms with E-state index in [9.17, 15) is 9.59 Å². The molecule has 1 aliphatic rings. The molecule has 1 aromatic heterocycles. The summed E-state index contributed by atoms with van der Waals surface area (Å²) in [6.45, 7) is 4.20. The molecule has 1 aliphatic heterocycles. The molecule has 7 nitrogen and oxygen atoms in total. The van der Waals surface area contributed by atoms with Gasteiger partial charge in [0.2, 0.25) is 5.91 Å². The molecule has 0 spiro atoms. The van der Waals surface area contributed by atoms with Crippen LogP contribution in [0.1, 0.15) is 47.8 Å². The van der Waals surface area contributed by atoms with Crippen LogP contribution >= 0.6 is 0 Å². The summed E-state index contributed by atoms with van der Waals surface area (Å²) in [6.07, 6.45) is 3.43. The molecule has 0 N–H and O–H groups in total. The smallest absolute Gasteiger partial charge is 0.257 e. The van der Waals surface area contributed by atoms with Crippen LogP contribution in [-0.4, -0.2) is 59.1 Å². The highest BCUT2D eigenvalue weighted by molar-refractivity contribution is 5.97. The highest BCUT2D eigenvalue weighted by Crippen LogP contribution is 2.24. The zero-order valence-corrected chi connectivity index (χ0v) is 22.4. The molecule has 0 saturated carbocycles. The minimum atomic E-state index is -0.218. The fourth-order valence-electron chi connectivity index (χ4n) is 5.26. The molecular formula is C32H35N3O4. The number of carbonyl (C=O) groups excluding carboxylic acids is 2. The molecule has 0 unspecified atom stereocenters. The van der Waals surface area contributed by atoms with E-state index < -0.39 is 0 Å². The predicted octanol–water partition coefficient (Wildman–Crippen LogP) is 5.54. The van der Waals surface area contributed by atoms with Gasteiger partial charge in [-0.25, -0.2) is 0 Å². The second-order valence-corrected chi connectivity index (χ2v) is 9.99. The Balaban J connectivity index is 1.46. The summed E-state index contributed by atoms with van der Waals surface area (Å²) in [7, 11) is 0. The number of rotatable bonds is 5. The molecular weight excluding hydrogens is 490 g/mol. The van der Waals surface area contributed by atoms with Crippen LogP contribution in [0, 0.1) is 0 Å². The molecule has 0 radical (unpaired) electrons. The number of carbonyl (C=O) groups is 2. The lowest BCUT2D eigenvalue weighted by molar-refractivity contribution is -0.133. The van der Waals surface area contributed by atoms with Crippen molar-refractivity contribution < 1.29 is 18.8 Å². The lowest BCUT2D eigenvalue weighted by Crippen LogP contribution is -2.46. The summed E-state index contributed by atoms with van der Waals surface area (Å²) in [5, 5.41) is 5.07. The van der Waals surface area contributed by atoms with Crippen molar-refractivity contribution in [3.8, 4) is 5.75 Å². The quantitative estimate of drug-likeness (QED) is 0.342. The second-order valence-electron chi connectivity index (χ2n) is 9.99. The molecule has 202 valence electrons. The number of ether oxygens (including phenoxy) is 1. The van der Waals surface area contributed by atoms with Crippen LogP contribution in [0.5, 0.6) is 5.75 Å². The van der Waals surface area contributed by atoms with Gasteiger partial charge in [0.1, 0.15) is 18.1 Å². The second kappa shape index (κ2) is 12.6. The van der Waals surface area contributed by atoms with Gasteiger partial charge in [-0.2, -0.15) is 0 Å². The molecule has 0 aliphatic carbocycles. The number of amides is 2. The van der Waals surface area contributed by atoms with Crippen molar-refractivity contribution in [2.75, 3.05) is 26.2 Å². The molecule has 5 rings (SSSR count). The Morgan fingerprint density at radius 3 is 2.51 bits per heavy atom. The number of aromatic nitrogens is 1. The lowest BCUT2D eigenvalue weighted by atomic mass is 10.0. The molecule has 39 heavy (non-hydrogen) atoms. The summed E-state index contributed by atoms with van der Waals surface area (Å²) >= 11 is 0. The fourth-order valence-corrected chi connectivity index (χ4v) is 5.26. The van der Waals surface area contributed by atoms with Gasteiger partial charge in [0.25, 0.3) is 5.91 Å². The first kappa shape index (κ1) is 26.5. The van der Waals surface area contributed by atoms with E-state index in [4.69, 9.17) is 9.26 Å². The third-order valence-corrected chi connectivity index (χ3v) is 7.39. The summed E-state index contributed by atoms with van der Waals surface area (Å²) in [6, 6.07) is 25.0. The van der Waals surface area contributed by atoms with Crippen LogP contribution in [0.3, 0.4) is 0 Å². The monoisotopic (exact) mass is 525 g/mol. The summed E-state index contributed by atoms with van der Waals surface area (Å²) in [5.74, 6) is 0.527. The molecule has 0 saturated heterocycles. The van der Waals surface area contributed by atoms with E-state index in [-0.39, 0.29) is 30.9 Å². The number of hydrogen-bond donors (Lipinski definition) is 0. The minimum absolute atomic E-state index is 0.00648. The third kappa shape index (κ3) is 6.30. The molecule has 2 amide bonds. The molecule has 7 heteroatoms. The summed E-state index contributed by atoms with van der Waals surface area (Å²) < 4.78 is 11.8. The maximum Gasteiger partial charge on any atom is 0.257 e. The maximum absolute atomic E-state index is 13.9. The van der Waals surface area contributed by atoms with Crippen molar-refractivity contribution in [2.45, 2.75) is 45.1 Å². The van der Waals surface area contributed by atoms with Gasteiger partial charge in [0.05, 0.1) is 18.0 Å². The van der Waals surface area contributed by atoms with Crippen molar-refractivity contribution in [1.29, 1.82) is 0 Å². The Labute approximate surface area is 229 Å². The fraction of sp³-hybridized carbons (Fsp3) is 0.344. The van der Waals surface area contributed by atoms with Crippen LogP contribution in [0.4, 0.5) is 0 Å². The van der Waals surface area contributed by atoms with Crippen LogP contribution in [0.15, 0.2) is 83.4 Å². The van der Waals surface area contributed by atoms with E-state index in [2.05, 4.69) is 17.3 Å². The summed E-state index contributed by atoms with van der Waals surface area (Å²) in [4.78, 5) is 31.1. The van der Waals surface area contributed by atoms with E-state index in [1.165, 1.54) is 0 Å². The first-order chi connectivity index (χ1) is 19.1. The van der Waals surface area contributed by atoms with Crippen LogP contribution < -0.4 is 4.74 Å². The van der Waals surface area contributed by atoms with E-state index in [1.807, 2.05) is 83.5 Å². The van der Waals surface area contributed by atoms with Gasteiger partial charge in [-0.1, -0.05) is 59.8 Å². The van der Waals surface area contributed by atoms with Crippen LogP contribution in [-0.2, 0) is 17.6 Å². The Hall–Kier alpha value is -4.13. The van der Waals surface area contributed by atoms with Crippen molar-refractivity contribution >= 4 is 22.8 Å². The Bertz CT molecular complexity index is 1400. The first-order valence-electron chi connectivity index (χ1n) is 13.8. The topological polar surface area (TPSA) is 75.9 Å². The lowest BCUT2D eigenvalue weighted by Gasteiger charge is -2.32. The van der Waals surface area contributed by atoms with E-state index in [0.717, 1.165) is 30.2 Å². The van der Waals surface area contributed by atoms with Gasteiger partial charge in [0, 0.05) is 25.0 Å². The highest BCUT2D eigenvalue weighted by Gasteiger charge is 2.28. The number of nitrogens with zero attached hydrogens (tertiary/aromatic N) is 3. The van der Waals surface area contributed by atoms with Crippen molar-refractivity contribution in [3.05, 3.63) is 95.7 Å². The van der Waals surface area contributed by atoms with E-state index >= 15 is 0 Å². The number of para-hydroxylation sites is 2. The van der Waals surface area contributed by atoms with Gasteiger partial charge in [-0.05, 0) is 62.4 Å². The van der Waals surface area contributed by atoms with Crippen molar-refractivity contribution in [2.24, 2.45) is 0 Å². The SMILES string of the molecule is CCN1CCCCCN(C(=O)Cc2noc3ccccc23)[C@@H](Cc2ccccc2)COc2ccccc2C1=O. The minimum Gasteiger partial charge on any atom is -0.491 e. The Kier molecular flexibility index (Phi) is 8.56. The van der Waals surface area contributed by atoms with Gasteiger partial charge in [-0.3, -0.25) is 9.59 Å². The van der Waals surface area contributed by atoms with Crippen LogP contribution in [0.2, 0.25) is 0 Å². The average molecular weight is 526 g/mol. The zero-order chi connectivity index (χ0) is 27.0. The zero-order valence-electron chi connectivity index (χ0n) is 22.4. The number of fused-ring (bicyclic) bond motifs is 2. The Morgan fingerprint density at radius 2 is 1.67 bits per heavy atom. The number of hydrogen-bond acceptors (Lipinski definition) is 5. The normalized spacial score (nSPS) is 17.1. The molecule has 2 heterocycles. The van der Waals surface area contributed by atoms with E-state index in [1.54, 1.807) is 0 Å². The first-order valence-corrected chi connectivity index (χ1v) is 13.8. The van der Waals surface area contributed by atoms with Gasteiger partial charge in [0.15, 0.2) is 5.58 Å². The molecule has 4 aromatic rings. The third-order valence-electron chi connectivity index (χ3n) is 7.39. The highest BCUT2D eigenvalue weighted by atomic mass is 16.5.